The molecule has 1 aromatic rings. The highest BCUT2D eigenvalue weighted by molar-refractivity contribution is 5.76. The van der Waals surface area contributed by atoms with Gasteiger partial charge in [-0.1, -0.05) is 24.3 Å². The molecular formula is C14H20N2O. The summed E-state index contributed by atoms with van der Waals surface area (Å²) in [6.07, 6.45) is 3.12. The van der Waals surface area contributed by atoms with E-state index in [1.165, 1.54) is 12.8 Å². The summed E-state index contributed by atoms with van der Waals surface area (Å²) in [5.41, 5.74) is 8.05. The second-order valence-electron chi connectivity index (χ2n) is 4.96. The minimum Gasteiger partial charge on any atom is -0.352 e. The number of carbonyl (C=O) groups is 1. The Morgan fingerprint density at radius 3 is 2.94 bits per heavy atom. The summed E-state index contributed by atoms with van der Waals surface area (Å²) >= 11 is 0. The number of hydrogen-bond donors (Lipinski definition) is 2. The lowest BCUT2D eigenvalue weighted by molar-refractivity contribution is -0.121. The van der Waals surface area contributed by atoms with Crippen LogP contribution >= 0.6 is 0 Å². The molecule has 0 aromatic heterocycles. The van der Waals surface area contributed by atoms with Crippen LogP contribution in [-0.2, 0) is 11.3 Å². The molecule has 1 fully saturated rings. The third-order valence-electron chi connectivity index (χ3n) is 3.14. The first-order valence-electron chi connectivity index (χ1n) is 6.26. The van der Waals surface area contributed by atoms with Crippen LogP contribution in [0.1, 0.15) is 43.4 Å². The quantitative estimate of drug-likeness (QED) is 0.817. The van der Waals surface area contributed by atoms with Gasteiger partial charge >= 0.3 is 0 Å². The third kappa shape index (κ3) is 3.86. The average Bonchev–Trinajstić information content (AvgIpc) is 3.11. The standard InChI is InChI=1S/C14H20N2O/c1-10(15)13-4-2-3-12(7-13)9-16-14(17)8-11-5-6-11/h2-4,7,10-11H,5-6,8-9,15H2,1H3,(H,16,17). The monoisotopic (exact) mass is 232 g/mol. The molecule has 0 radical (unpaired) electrons. The Hall–Kier alpha value is -1.35. The summed E-state index contributed by atoms with van der Waals surface area (Å²) in [5, 5.41) is 2.96. The highest BCUT2D eigenvalue weighted by atomic mass is 16.1. The molecular weight excluding hydrogens is 212 g/mol. The van der Waals surface area contributed by atoms with Gasteiger partial charge < -0.3 is 11.1 Å². The van der Waals surface area contributed by atoms with Crippen LogP contribution in [0.25, 0.3) is 0 Å². The summed E-state index contributed by atoms with van der Waals surface area (Å²) < 4.78 is 0. The van der Waals surface area contributed by atoms with Crippen molar-refractivity contribution in [3.8, 4) is 0 Å². The molecule has 0 heterocycles. The number of rotatable bonds is 5. The van der Waals surface area contributed by atoms with Gasteiger partial charge in [-0.05, 0) is 36.8 Å². The van der Waals surface area contributed by atoms with Crippen LogP contribution in [0.2, 0.25) is 0 Å². The molecule has 1 atom stereocenters. The van der Waals surface area contributed by atoms with Crippen molar-refractivity contribution < 1.29 is 4.79 Å². The van der Waals surface area contributed by atoms with Gasteiger partial charge in [-0.15, -0.1) is 0 Å². The number of nitrogens with one attached hydrogen (secondary N) is 1. The van der Waals surface area contributed by atoms with Gasteiger partial charge in [-0.25, -0.2) is 0 Å². The highest BCUT2D eigenvalue weighted by Gasteiger charge is 2.23. The molecule has 1 unspecified atom stereocenters. The van der Waals surface area contributed by atoms with Crippen LogP contribution in [0.15, 0.2) is 24.3 Å². The molecule has 1 amide bonds. The highest BCUT2D eigenvalue weighted by Crippen LogP contribution is 2.32. The van der Waals surface area contributed by atoms with Crippen LogP contribution < -0.4 is 11.1 Å². The van der Waals surface area contributed by atoms with Crippen molar-refractivity contribution in [2.24, 2.45) is 11.7 Å². The molecule has 0 bridgehead atoms. The number of carbonyl (C=O) groups excluding carboxylic acids is 1. The Balaban J connectivity index is 1.84. The Morgan fingerprint density at radius 2 is 2.29 bits per heavy atom. The number of nitrogens with two attached hydrogens (primary N) is 1. The molecule has 17 heavy (non-hydrogen) atoms. The first-order valence-corrected chi connectivity index (χ1v) is 6.26. The van der Waals surface area contributed by atoms with Gasteiger partial charge in [-0.3, -0.25) is 4.79 Å². The summed E-state index contributed by atoms with van der Waals surface area (Å²) in [5.74, 6) is 0.809. The van der Waals surface area contributed by atoms with E-state index in [2.05, 4.69) is 11.4 Å². The average molecular weight is 232 g/mol. The van der Waals surface area contributed by atoms with Crippen LogP contribution in [-0.4, -0.2) is 5.91 Å². The molecule has 0 spiro atoms. The molecule has 3 heteroatoms. The Labute approximate surface area is 102 Å². The summed E-state index contributed by atoms with van der Waals surface area (Å²) in [6, 6.07) is 8.12. The van der Waals surface area contributed by atoms with Gasteiger partial charge in [0, 0.05) is 19.0 Å². The summed E-state index contributed by atoms with van der Waals surface area (Å²) in [4.78, 5) is 11.5. The van der Waals surface area contributed by atoms with E-state index in [1.54, 1.807) is 0 Å². The van der Waals surface area contributed by atoms with Crippen LogP contribution in [0.4, 0.5) is 0 Å². The van der Waals surface area contributed by atoms with Crippen molar-refractivity contribution in [3.05, 3.63) is 35.4 Å². The summed E-state index contributed by atoms with van der Waals surface area (Å²) in [6.45, 7) is 2.57. The fourth-order valence-electron chi connectivity index (χ4n) is 1.84. The maximum absolute atomic E-state index is 11.5. The zero-order valence-electron chi connectivity index (χ0n) is 10.3. The van der Waals surface area contributed by atoms with E-state index >= 15 is 0 Å². The van der Waals surface area contributed by atoms with E-state index in [1.807, 2.05) is 25.1 Å². The van der Waals surface area contributed by atoms with Gasteiger partial charge in [0.2, 0.25) is 5.91 Å². The van der Waals surface area contributed by atoms with Crippen molar-refractivity contribution in [1.29, 1.82) is 0 Å². The molecule has 1 aromatic carbocycles. The molecule has 3 N–H and O–H groups in total. The van der Waals surface area contributed by atoms with E-state index in [0.717, 1.165) is 11.1 Å². The molecule has 0 saturated heterocycles. The van der Waals surface area contributed by atoms with E-state index < -0.39 is 0 Å². The third-order valence-corrected chi connectivity index (χ3v) is 3.14. The molecule has 92 valence electrons. The number of hydrogen-bond acceptors (Lipinski definition) is 2. The molecule has 1 aliphatic rings. The minimum absolute atomic E-state index is 0.0390. The molecule has 2 rings (SSSR count). The largest absolute Gasteiger partial charge is 0.352 e. The lowest BCUT2D eigenvalue weighted by Crippen LogP contribution is -2.23. The Bertz CT molecular complexity index is 397. The second kappa shape index (κ2) is 5.32. The molecule has 3 nitrogen and oxygen atoms in total. The van der Waals surface area contributed by atoms with Crippen molar-refractivity contribution in [3.63, 3.8) is 0 Å². The predicted octanol–water partition coefficient (Wildman–Crippen LogP) is 2.12. The van der Waals surface area contributed by atoms with Crippen molar-refractivity contribution >= 4 is 5.91 Å². The van der Waals surface area contributed by atoms with Gasteiger partial charge in [-0.2, -0.15) is 0 Å². The van der Waals surface area contributed by atoms with Crippen LogP contribution in [0.3, 0.4) is 0 Å². The van der Waals surface area contributed by atoms with E-state index in [0.29, 0.717) is 18.9 Å². The molecule has 0 aliphatic heterocycles. The van der Waals surface area contributed by atoms with Crippen molar-refractivity contribution in [2.75, 3.05) is 0 Å². The van der Waals surface area contributed by atoms with E-state index in [4.69, 9.17) is 5.73 Å². The minimum atomic E-state index is 0.0390. The number of amides is 1. The van der Waals surface area contributed by atoms with Gasteiger partial charge in [0.05, 0.1) is 0 Å². The summed E-state index contributed by atoms with van der Waals surface area (Å²) in [7, 11) is 0. The maximum Gasteiger partial charge on any atom is 0.220 e. The van der Waals surface area contributed by atoms with Crippen LogP contribution in [0.5, 0.6) is 0 Å². The maximum atomic E-state index is 11.5. The van der Waals surface area contributed by atoms with Gasteiger partial charge in [0.1, 0.15) is 0 Å². The molecule has 1 saturated carbocycles. The van der Waals surface area contributed by atoms with Crippen molar-refractivity contribution in [1.82, 2.24) is 5.32 Å². The normalized spacial score (nSPS) is 16.6. The van der Waals surface area contributed by atoms with Gasteiger partial charge in [0.25, 0.3) is 0 Å². The van der Waals surface area contributed by atoms with Gasteiger partial charge in [0.15, 0.2) is 0 Å². The smallest absolute Gasteiger partial charge is 0.220 e. The number of benzene rings is 1. The molecule has 1 aliphatic carbocycles. The second-order valence-corrected chi connectivity index (χ2v) is 4.96. The lowest BCUT2D eigenvalue weighted by Gasteiger charge is -2.09. The Kier molecular flexibility index (Phi) is 3.79. The zero-order valence-corrected chi connectivity index (χ0v) is 10.3. The zero-order chi connectivity index (χ0) is 12.3. The first-order chi connectivity index (χ1) is 8.15. The fourth-order valence-corrected chi connectivity index (χ4v) is 1.84. The SMILES string of the molecule is CC(N)c1cccc(CNC(=O)CC2CC2)c1. The van der Waals surface area contributed by atoms with Crippen LogP contribution in [0, 0.1) is 5.92 Å². The van der Waals surface area contributed by atoms with E-state index in [9.17, 15) is 4.79 Å². The predicted molar refractivity (Wildman–Crippen MR) is 68.2 cm³/mol. The van der Waals surface area contributed by atoms with E-state index in [-0.39, 0.29) is 11.9 Å². The topological polar surface area (TPSA) is 55.1 Å². The fraction of sp³-hybridized carbons (Fsp3) is 0.500. The van der Waals surface area contributed by atoms with Crippen molar-refractivity contribution in [2.45, 2.75) is 38.8 Å². The first kappa shape index (κ1) is 12.1. The Morgan fingerprint density at radius 1 is 1.53 bits per heavy atom. The lowest BCUT2D eigenvalue weighted by atomic mass is 10.1.